The van der Waals surface area contributed by atoms with Crippen molar-refractivity contribution in [1.82, 2.24) is 14.8 Å². The molecular weight excluding hydrogens is 504 g/mol. The highest BCUT2D eigenvalue weighted by Gasteiger charge is 2.24. The monoisotopic (exact) mass is 534 g/mol. The first kappa shape index (κ1) is 26.8. The van der Waals surface area contributed by atoms with Crippen molar-refractivity contribution in [2.45, 2.75) is 32.6 Å². The number of rotatable bonds is 7. The molecule has 2 aromatic carbocycles. The molecule has 0 bridgehead atoms. The molecule has 0 aliphatic carbocycles. The number of carbonyl (C=O) groups excluding carboxylic acids is 2. The van der Waals surface area contributed by atoms with Crippen LogP contribution >= 0.6 is 0 Å². The number of anilines is 2. The first-order valence-electron chi connectivity index (χ1n) is 13.1. The highest BCUT2D eigenvalue weighted by Crippen LogP contribution is 2.30. The zero-order valence-corrected chi connectivity index (χ0v) is 22.6. The molecule has 2 amide bonds. The van der Waals surface area contributed by atoms with Crippen LogP contribution in [0.1, 0.15) is 41.8 Å². The fraction of sp³-hybridized carbons (Fsp3) is 0.258. The summed E-state index contributed by atoms with van der Waals surface area (Å²) in [5, 5.41) is 20.0. The molecule has 9 nitrogen and oxygen atoms in total. The molecule has 40 heavy (non-hydrogen) atoms. The maximum Gasteiger partial charge on any atom is 0.255 e. The normalized spacial score (nSPS) is 14.9. The van der Waals surface area contributed by atoms with Gasteiger partial charge in [0.25, 0.3) is 5.91 Å². The van der Waals surface area contributed by atoms with E-state index in [2.05, 4.69) is 26.8 Å². The number of hydrogen-bond acceptors (Lipinski definition) is 6. The van der Waals surface area contributed by atoms with Gasteiger partial charge in [-0.1, -0.05) is 18.2 Å². The van der Waals surface area contributed by atoms with E-state index >= 15 is 0 Å². The second-order valence-corrected chi connectivity index (χ2v) is 10.4. The summed E-state index contributed by atoms with van der Waals surface area (Å²) < 4.78 is 7.09. The van der Waals surface area contributed by atoms with Gasteiger partial charge in [-0.05, 0) is 68.7 Å². The van der Waals surface area contributed by atoms with E-state index in [1.165, 1.54) is 0 Å². The number of aryl methyl sites for hydroxylation is 1. The van der Waals surface area contributed by atoms with E-state index in [1.807, 2.05) is 51.2 Å². The van der Waals surface area contributed by atoms with E-state index < -0.39 is 5.41 Å². The molecule has 0 radical (unpaired) electrons. The molecule has 1 atom stereocenters. The average Bonchev–Trinajstić information content (AvgIpc) is 3.68. The SMILES string of the molecule is Cc1ccc(NC(=O)c2cccc(C(C)(C)C#N)c2)cc1-n1cc(-c2cnccc2NC(=O)C2CCOC2)cn1. The third kappa shape index (κ3) is 5.63. The molecule has 202 valence electrons. The second kappa shape index (κ2) is 11.1. The molecule has 1 unspecified atom stereocenters. The molecule has 5 rings (SSSR count). The Morgan fingerprint density at radius 2 is 1.98 bits per heavy atom. The van der Waals surface area contributed by atoms with Crippen LogP contribution in [0.5, 0.6) is 0 Å². The molecule has 0 saturated carbocycles. The van der Waals surface area contributed by atoms with Crippen LogP contribution < -0.4 is 10.6 Å². The van der Waals surface area contributed by atoms with Gasteiger partial charge < -0.3 is 15.4 Å². The molecule has 2 N–H and O–H groups in total. The molecule has 4 aromatic rings. The predicted molar refractivity (Wildman–Crippen MR) is 152 cm³/mol. The Bertz CT molecular complexity index is 1610. The van der Waals surface area contributed by atoms with Crippen molar-refractivity contribution >= 4 is 23.2 Å². The number of pyridine rings is 1. The minimum absolute atomic E-state index is 0.0710. The van der Waals surface area contributed by atoms with Crippen molar-refractivity contribution in [2.24, 2.45) is 5.92 Å². The molecule has 9 heteroatoms. The number of nitrogens with zero attached hydrogens (tertiary/aromatic N) is 4. The van der Waals surface area contributed by atoms with Gasteiger partial charge in [-0.15, -0.1) is 0 Å². The van der Waals surface area contributed by atoms with E-state index in [1.54, 1.807) is 47.5 Å². The Morgan fingerprint density at radius 1 is 1.12 bits per heavy atom. The molecule has 1 aliphatic heterocycles. The highest BCUT2D eigenvalue weighted by atomic mass is 16.5. The van der Waals surface area contributed by atoms with Gasteiger partial charge in [0.05, 0.1) is 41.6 Å². The molecule has 1 saturated heterocycles. The van der Waals surface area contributed by atoms with Crippen LogP contribution in [0.15, 0.2) is 73.3 Å². The third-order valence-electron chi connectivity index (χ3n) is 7.11. The van der Waals surface area contributed by atoms with Gasteiger partial charge in [0.2, 0.25) is 5.91 Å². The number of aromatic nitrogens is 3. The van der Waals surface area contributed by atoms with Gasteiger partial charge in [0, 0.05) is 47.6 Å². The maximum atomic E-state index is 13.1. The minimum atomic E-state index is -0.701. The summed E-state index contributed by atoms with van der Waals surface area (Å²) in [7, 11) is 0. The zero-order chi connectivity index (χ0) is 28.3. The van der Waals surface area contributed by atoms with E-state index in [0.717, 1.165) is 27.9 Å². The number of nitrogens with one attached hydrogen (secondary N) is 2. The van der Waals surface area contributed by atoms with Crippen LogP contribution in [-0.4, -0.2) is 39.8 Å². The van der Waals surface area contributed by atoms with Crippen LogP contribution in [0.3, 0.4) is 0 Å². The maximum absolute atomic E-state index is 13.1. The van der Waals surface area contributed by atoms with Gasteiger partial charge in [0.1, 0.15) is 0 Å². The first-order chi connectivity index (χ1) is 19.2. The molecule has 3 heterocycles. The lowest BCUT2D eigenvalue weighted by atomic mass is 9.85. The smallest absolute Gasteiger partial charge is 0.255 e. The lowest BCUT2D eigenvalue weighted by Crippen LogP contribution is -2.23. The minimum Gasteiger partial charge on any atom is -0.381 e. The first-order valence-corrected chi connectivity index (χ1v) is 13.1. The number of carbonyl (C=O) groups is 2. The van der Waals surface area contributed by atoms with Gasteiger partial charge in [-0.3, -0.25) is 14.6 Å². The van der Waals surface area contributed by atoms with Crippen molar-refractivity contribution in [3.8, 4) is 22.9 Å². The molecular formula is C31H30N6O3. The van der Waals surface area contributed by atoms with Gasteiger partial charge in [0.15, 0.2) is 0 Å². The van der Waals surface area contributed by atoms with Crippen LogP contribution in [0.25, 0.3) is 16.8 Å². The summed E-state index contributed by atoms with van der Waals surface area (Å²) in [6.45, 7) is 6.64. The van der Waals surface area contributed by atoms with Crippen LogP contribution in [-0.2, 0) is 14.9 Å². The summed E-state index contributed by atoms with van der Waals surface area (Å²) in [5.74, 6) is -0.502. The lowest BCUT2D eigenvalue weighted by molar-refractivity contribution is -0.119. The quantitative estimate of drug-likeness (QED) is 0.333. The van der Waals surface area contributed by atoms with Gasteiger partial charge >= 0.3 is 0 Å². The van der Waals surface area contributed by atoms with Gasteiger partial charge in [-0.25, -0.2) is 4.68 Å². The fourth-order valence-corrected chi connectivity index (χ4v) is 4.55. The Balaban J connectivity index is 1.37. The van der Waals surface area contributed by atoms with E-state index in [-0.39, 0.29) is 17.7 Å². The average molecular weight is 535 g/mol. The summed E-state index contributed by atoms with van der Waals surface area (Å²) >= 11 is 0. The number of hydrogen-bond donors (Lipinski definition) is 2. The Labute approximate surface area is 232 Å². The van der Waals surface area contributed by atoms with Crippen LogP contribution in [0, 0.1) is 24.2 Å². The zero-order valence-electron chi connectivity index (χ0n) is 22.6. The molecule has 2 aromatic heterocycles. The van der Waals surface area contributed by atoms with E-state index in [0.29, 0.717) is 36.6 Å². The fourth-order valence-electron chi connectivity index (χ4n) is 4.55. The largest absolute Gasteiger partial charge is 0.381 e. The van der Waals surface area contributed by atoms with Crippen molar-refractivity contribution in [3.05, 3.63) is 90.0 Å². The second-order valence-electron chi connectivity index (χ2n) is 10.4. The lowest BCUT2D eigenvalue weighted by Gasteiger charge is -2.16. The topological polar surface area (TPSA) is 122 Å². The highest BCUT2D eigenvalue weighted by molar-refractivity contribution is 6.04. The summed E-state index contributed by atoms with van der Waals surface area (Å²) in [5.41, 5.74) is 5.12. The van der Waals surface area contributed by atoms with Crippen molar-refractivity contribution in [2.75, 3.05) is 23.8 Å². The number of amides is 2. The number of ether oxygens (including phenoxy) is 1. The molecule has 0 spiro atoms. The predicted octanol–water partition coefficient (Wildman–Crippen LogP) is 5.27. The number of benzene rings is 2. The third-order valence-corrected chi connectivity index (χ3v) is 7.11. The molecule has 1 fully saturated rings. The Morgan fingerprint density at radius 3 is 2.75 bits per heavy atom. The summed E-state index contributed by atoms with van der Waals surface area (Å²) in [6, 6.07) is 16.8. The van der Waals surface area contributed by atoms with Crippen LogP contribution in [0.2, 0.25) is 0 Å². The van der Waals surface area contributed by atoms with Crippen molar-refractivity contribution in [1.29, 1.82) is 5.26 Å². The number of nitriles is 1. The summed E-state index contributed by atoms with van der Waals surface area (Å²) in [4.78, 5) is 30.0. The van der Waals surface area contributed by atoms with Crippen molar-refractivity contribution in [3.63, 3.8) is 0 Å². The van der Waals surface area contributed by atoms with Crippen LogP contribution in [0.4, 0.5) is 11.4 Å². The van der Waals surface area contributed by atoms with E-state index in [4.69, 9.17) is 4.74 Å². The molecule has 1 aliphatic rings. The Hall–Kier alpha value is -4.81. The van der Waals surface area contributed by atoms with E-state index in [9.17, 15) is 14.9 Å². The standard InChI is InChI=1S/C31H30N6O3/c1-20-7-8-25(35-29(38)21-5-4-6-24(13-21)31(2,3)19-32)14-28(20)37-17-23(15-34-37)26-16-33-11-9-27(26)36-30(39)22-10-12-40-18-22/h4-9,11,13-17,22H,10,12,18H2,1-3H3,(H,35,38)(H,33,36,39). The van der Waals surface area contributed by atoms with Crippen molar-refractivity contribution < 1.29 is 14.3 Å². The summed E-state index contributed by atoms with van der Waals surface area (Å²) in [6.07, 6.45) is 7.64. The van der Waals surface area contributed by atoms with Gasteiger partial charge in [-0.2, -0.15) is 10.4 Å². The Kier molecular flexibility index (Phi) is 7.45.